The van der Waals surface area contributed by atoms with Gasteiger partial charge in [0.1, 0.15) is 17.2 Å². The van der Waals surface area contributed by atoms with Crippen LogP contribution in [0.3, 0.4) is 0 Å². The van der Waals surface area contributed by atoms with Gasteiger partial charge in [0.15, 0.2) is 0 Å². The van der Waals surface area contributed by atoms with Gasteiger partial charge in [-0.05, 0) is 84.1 Å². The third-order valence-corrected chi connectivity index (χ3v) is 6.38. The van der Waals surface area contributed by atoms with E-state index in [0.29, 0.717) is 0 Å². The third-order valence-electron chi connectivity index (χ3n) is 6.38. The zero-order valence-corrected chi connectivity index (χ0v) is 23.0. The van der Waals surface area contributed by atoms with Crippen LogP contribution in [0.4, 0.5) is 0 Å². The number of allylic oxidation sites excluding steroid dienone is 2. The Kier molecular flexibility index (Phi) is 9.61. The van der Waals surface area contributed by atoms with Crippen molar-refractivity contribution in [2.75, 3.05) is 21.3 Å². The van der Waals surface area contributed by atoms with Gasteiger partial charge in [0.2, 0.25) is 0 Å². The fraction of sp³-hybridized carbons (Fsp3) is 0.139. The zero-order chi connectivity index (χ0) is 27.5. The van der Waals surface area contributed by atoms with Crippen molar-refractivity contribution in [1.29, 1.82) is 0 Å². The lowest BCUT2D eigenvalue weighted by atomic mass is 9.97. The Morgan fingerprint density at radius 2 is 1.46 bits per heavy atom. The molecule has 0 aliphatic heterocycles. The van der Waals surface area contributed by atoms with Gasteiger partial charge in [0.05, 0.1) is 21.3 Å². The topological polar surface area (TPSA) is 27.7 Å². The molecule has 4 rings (SSSR count). The van der Waals surface area contributed by atoms with Gasteiger partial charge in [-0.3, -0.25) is 0 Å². The predicted molar refractivity (Wildman–Crippen MR) is 163 cm³/mol. The Balaban J connectivity index is 1.78. The molecule has 4 aromatic carbocycles. The van der Waals surface area contributed by atoms with E-state index in [2.05, 4.69) is 85.5 Å². The molecule has 0 radical (unpaired) electrons. The molecule has 0 spiro atoms. The highest BCUT2D eigenvalue weighted by Gasteiger charge is 2.07. The van der Waals surface area contributed by atoms with Gasteiger partial charge in [0.25, 0.3) is 0 Å². The monoisotopic (exact) mass is 514 g/mol. The normalized spacial score (nSPS) is 10.9. The van der Waals surface area contributed by atoms with Gasteiger partial charge < -0.3 is 14.2 Å². The van der Waals surface area contributed by atoms with Crippen LogP contribution in [-0.2, 0) is 6.42 Å². The molecule has 0 aliphatic carbocycles. The van der Waals surface area contributed by atoms with E-state index in [9.17, 15) is 0 Å². The van der Waals surface area contributed by atoms with Crippen LogP contribution < -0.4 is 14.2 Å². The minimum atomic E-state index is 0.730. The lowest BCUT2D eigenvalue weighted by Gasteiger charge is -2.10. The molecule has 0 heterocycles. The van der Waals surface area contributed by atoms with E-state index >= 15 is 0 Å². The van der Waals surface area contributed by atoms with E-state index in [1.807, 2.05) is 48.5 Å². The maximum absolute atomic E-state index is 5.57. The molecule has 3 heteroatoms. The predicted octanol–water partition coefficient (Wildman–Crippen LogP) is 8.69. The standard InChI is InChI=1S/C36H34O3/c1-27-15-17-28(18-16-27)19-20-32-26-34(38-3)23-24-35(32)30(21-22-31-11-5-6-14-36(31)39-4)12-7-9-29-10-8-13-33(25-29)37-2/h5-8,10-11,13-26H,9H2,1-4H3/b20-19-,22-21+. The first kappa shape index (κ1) is 27.3. The number of methoxy groups -OCH3 is 3. The van der Waals surface area contributed by atoms with Gasteiger partial charge in [-0.2, -0.15) is 0 Å². The summed E-state index contributed by atoms with van der Waals surface area (Å²) >= 11 is 0. The van der Waals surface area contributed by atoms with Crippen molar-refractivity contribution in [2.45, 2.75) is 13.3 Å². The summed E-state index contributed by atoms with van der Waals surface area (Å²) in [6, 6.07) is 30.7. The maximum Gasteiger partial charge on any atom is 0.126 e. The molecular formula is C36H34O3. The zero-order valence-electron chi connectivity index (χ0n) is 23.0. The highest BCUT2D eigenvalue weighted by Crippen LogP contribution is 2.28. The first-order chi connectivity index (χ1) is 19.1. The molecule has 0 saturated heterocycles. The van der Waals surface area contributed by atoms with Gasteiger partial charge in [-0.1, -0.05) is 78.4 Å². The second-order valence-corrected chi connectivity index (χ2v) is 9.09. The Bertz CT molecular complexity index is 1520. The van der Waals surface area contributed by atoms with Crippen LogP contribution >= 0.6 is 0 Å². The lowest BCUT2D eigenvalue weighted by Crippen LogP contribution is -1.91. The van der Waals surface area contributed by atoms with Crippen molar-refractivity contribution < 1.29 is 14.2 Å². The minimum Gasteiger partial charge on any atom is -0.497 e. The molecule has 39 heavy (non-hydrogen) atoms. The van der Waals surface area contributed by atoms with Gasteiger partial charge >= 0.3 is 0 Å². The van der Waals surface area contributed by atoms with E-state index in [4.69, 9.17) is 14.2 Å². The van der Waals surface area contributed by atoms with E-state index in [1.165, 1.54) is 5.56 Å². The Morgan fingerprint density at radius 3 is 2.23 bits per heavy atom. The van der Waals surface area contributed by atoms with Crippen LogP contribution in [0.25, 0.3) is 23.8 Å². The van der Waals surface area contributed by atoms with Crippen molar-refractivity contribution in [3.05, 3.63) is 142 Å². The smallest absolute Gasteiger partial charge is 0.126 e. The van der Waals surface area contributed by atoms with E-state index < -0.39 is 0 Å². The second-order valence-electron chi connectivity index (χ2n) is 9.09. The molecule has 0 unspecified atom stereocenters. The molecular weight excluding hydrogens is 480 g/mol. The summed E-state index contributed by atoms with van der Waals surface area (Å²) in [6.45, 7) is 2.09. The van der Waals surface area contributed by atoms with Crippen LogP contribution in [0.1, 0.15) is 33.4 Å². The number of rotatable bonds is 10. The Labute approximate surface area is 232 Å². The van der Waals surface area contributed by atoms with Crippen molar-refractivity contribution in [3.63, 3.8) is 0 Å². The van der Waals surface area contributed by atoms with Crippen LogP contribution in [0.15, 0.2) is 109 Å². The average Bonchev–Trinajstić information content (AvgIpc) is 2.98. The van der Waals surface area contributed by atoms with Gasteiger partial charge in [0, 0.05) is 11.1 Å². The molecule has 0 N–H and O–H groups in total. The summed E-state index contributed by atoms with van der Waals surface area (Å²) in [5, 5.41) is 0. The lowest BCUT2D eigenvalue weighted by molar-refractivity contribution is 0.414. The SMILES string of the molecule is COc1cccc(CC=C=C(/C=C/c2ccccc2OC)c2ccc(OC)cc2/C=C\c2ccc(C)cc2)c1. The molecule has 0 fully saturated rings. The molecule has 0 aliphatic rings. The summed E-state index contributed by atoms with van der Waals surface area (Å²) in [4.78, 5) is 0. The average molecular weight is 515 g/mol. The number of hydrogen-bond donors (Lipinski definition) is 0. The molecule has 0 atom stereocenters. The van der Waals surface area contributed by atoms with Crippen molar-refractivity contribution in [1.82, 2.24) is 0 Å². The summed E-state index contributed by atoms with van der Waals surface area (Å²) in [5.41, 5.74) is 11.1. The van der Waals surface area contributed by atoms with Crippen LogP contribution in [0.5, 0.6) is 17.2 Å². The van der Waals surface area contributed by atoms with Crippen molar-refractivity contribution in [3.8, 4) is 17.2 Å². The summed E-state index contributed by atoms with van der Waals surface area (Å²) < 4.78 is 16.5. The number of para-hydroxylation sites is 1. The molecule has 196 valence electrons. The quantitative estimate of drug-likeness (QED) is 0.120. The Hall–Kier alpha value is -4.72. The highest BCUT2D eigenvalue weighted by atomic mass is 16.5. The fourth-order valence-corrected chi connectivity index (χ4v) is 4.19. The minimum absolute atomic E-state index is 0.730. The fourth-order valence-electron chi connectivity index (χ4n) is 4.19. The largest absolute Gasteiger partial charge is 0.497 e. The molecule has 0 amide bonds. The van der Waals surface area contributed by atoms with E-state index in [-0.39, 0.29) is 0 Å². The van der Waals surface area contributed by atoms with Crippen LogP contribution in [-0.4, -0.2) is 21.3 Å². The summed E-state index contributed by atoms with van der Waals surface area (Å²) in [6.07, 6.45) is 11.2. The summed E-state index contributed by atoms with van der Waals surface area (Å²) in [7, 11) is 5.06. The number of ether oxygens (including phenoxy) is 3. The Morgan fingerprint density at radius 1 is 0.692 bits per heavy atom. The first-order valence-corrected chi connectivity index (χ1v) is 12.9. The third kappa shape index (κ3) is 7.64. The second kappa shape index (κ2) is 13.7. The van der Waals surface area contributed by atoms with Gasteiger partial charge in [-0.15, -0.1) is 5.73 Å². The van der Waals surface area contributed by atoms with E-state index in [1.54, 1.807) is 21.3 Å². The highest BCUT2D eigenvalue weighted by molar-refractivity contribution is 5.86. The van der Waals surface area contributed by atoms with E-state index in [0.717, 1.165) is 57.1 Å². The first-order valence-electron chi connectivity index (χ1n) is 12.9. The van der Waals surface area contributed by atoms with Crippen molar-refractivity contribution in [2.24, 2.45) is 0 Å². The molecule has 3 nitrogen and oxygen atoms in total. The summed E-state index contributed by atoms with van der Waals surface area (Å²) in [5.74, 6) is 2.47. The molecule has 4 aromatic rings. The maximum atomic E-state index is 5.57. The number of benzene rings is 4. The van der Waals surface area contributed by atoms with Crippen LogP contribution in [0, 0.1) is 6.92 Å². The van der Waals surface area contributed by atoms with Gasteiger partial charge in [-0.25, -0.2) is 0 Å². The van der Waals surface area contributed by atoms with Crippen molar-refractivity contribution >= 4 is 23.8 Å². The molecule has 0 bridgehead atoms. The van der Waals surface area contributed by atoms with Crippen LogP contribution in [0.2, 0.25) is 0 Å². The number of hydrogen-bond acceptors (Lipinski definition) is 3. The molecule has 0 aromatic heterocycles. The molecule has 0 saturated carbocycles. The number of aryl methyl sites for hydroxylation is 1.